The Morgan fingerprint density at radius 1 is 0.870 bits per heavy atom. The van der Waals surface area contributed by atoms with E-state index in [9.17, 15) is 8.42 Å². The summed E-state index contributed by atoms with van der Waals surface area (Å²) in [5, 5.41) is 0. The lowest BCUT2D eigenvalue weighted by atomic mass is 10.3. The molecule has 2 aromatic carbocycles. The monoisotopic (exact) mass is 324 g/mol. The van der Waals surface area contributed by atoms with E-state index >= 15 is 0 Å². The van der Waals surface area contributed by atoms with Crippen molar-refractivity contribution in [3.63, 3.8) is 0 Å². The summed E-state index contributed by atoms with van der Waals surface area (Å²) in [6.45, 7) is 0. The highest BCUT2D eigenvalue weighted by atomic mass is 32.2. The summed E-state index contributed by atoms with van der Waals surface area (Å²) in [6, 6.07) is 18.8. The molecule has 0 fully saturated rings. The van der Waals surface area contributed by atoms with Crippen molar-refractivity contribution < 1.29 is 12.8 Å². The first-order valence-electron chi connectivity index (χ1n) is 7.00. The summed E-state index contributed by atoms with van der Waals surface area (Å²) in [5.41, 5.74) is 1.11. The van der Waals surface area contributed by atoms with Gasteiger partial charge in [-0.1, -0.05) is 30.3 Å². The molecule has 2 heterocycles. The van der Waals surface area contributed by atoms with E-state index in [0.29, 0.717) is 16.8 Å². The first-order valence-corrected chi connectivity index (χ1v) is 8.44. The van der Waals surface area contributed by atoms with Gasteiger partial charge in [-0.3, -0.25) is 0 Å². The second-order valence-electron chi connectivity index (χ2n) is 4.98. The molecule has 0 saturated heterocycles. The van der Waals surface area contributed by atoms with Crippen molar-refractivity contribution in [2.45, 2.75) is 4.90 Å². The number of aromatic nitrogens is 2. The van der Waals surface area contributed by atoms with Gasteiger partial charge in [-0.05, 0) is 36.4 Å². The second-order valence-corrected chi connectivity index (χ2v) is 6.77. The fourth-order valence-electron chi connectivity index (χ4n) is 2.51. The minimum absolute atomic E-state index is 0.205. The fraction of sp³-hybridized carbons (Fsp3) is 0. The van der Waals surface area contributed by atoms with E-state index < -0.39 is 10.0 Å². The van der Waals surface area contributed by atoms with E-state index in [1.165, 1.54) is 10.2 Å². The van der Waals surface area contributed by atoms with Gasteiger partial charge < -0.3 is 4.42 Å². The van der Waals surface area contributed by atoms with Gasteiger partial charge >= 0.3 is 0 Å². The van der Waals surface area contributed by atoms with E-state index in [-0.39, 0.29) is 10.7 Å². The molecule has 0 radical (unpaired) electrons. The van der Waals surface area contributed by atoms with E-state index in [2.05, 4.69) is 4.98 Å². The van der Waals surface area contributed by atoms with Crippen LogP contribution < -0.4 is 0 Å². The Bertz CT molecular complexity index is 1070. The van der Waals surface area contributed by atoms with Crippen molar-refractivity contribution in [1.29, 1.82) is 0 Å². The van der Waals surface area contributed by atoms with Crippen LogP contribution in [0.1, 0.15) is 0 Å². The second kappa shape index (κ2) is 5.10. The van der Waals surface area contributed by atoms with E-state index in [1.54, 1.807) is 60.7 Å². The zero-order valence-corrected chi connectivity index (χ0v) is 12.8. The summed E-state index contributed by atoms with van der Waals surface area (Å²) in [5.74, 6) is 0.667. The molecule has 114 valence electrons. The topological polar surface area (TPSA) is 65.1 Å². The van der Waals surface area contributed by atoms with Gasteiger partial charge in [-0.2, -0.15) is 0 Å². The van der Waals surface area contributed by atoms with Crippen LogP contribution in [-0.4, -0.2) is 17.4 Å². The number of hydrogen-bond donors (Lipinski definition) is 0. The number of rotatable bonds is 3. The standard InChI is InChI=1S/C17H12N2O3S/c20-23(21,13-7-2-1-3-8-13)19-15-10-5-4-9-14(15)18-17(19)16-11-6-12-22-16/h1-12H. The molecule has 0 amide bonds. The molecule has 0 bridgehead atoms. The normalized spacial score (nSPS) is 11.8. The van der Waals surface area contributed by atoms with Crippen LogP contribution in [0.2, 0.25) is 0 Å². The Morgan fingerprint density at radius 3 is 2.35 bits per heavy atom. The van der Waals surface area contributed by atoms with Crippen molar-refractivity contribution in [1.82, 2.24) is 8.96 Å². The van der Waals surface area contributed by atoms with Crippen LogP contribution in [0.4, 0.5) is 0 Å². The largest absolute Gasteiger partial charge is 0.461 e. The molecule has 0 unspecified atom stereocenters. The highest BCUT2D eigenvalue weighted by Gasteiger charge is 2.25. The Morgan fingerprint density at radius 2 is 1.61 bits per heavy atom. The molecular weight excluding hydrogens is 312 g/mol. The summed E-state index contributed by atoms with van der Waals surface area (Å²) in [4.78, 5) is 4.64. The van der Waals surface area contributed by atoms with Gasteiger partial charge in [0.15, 0.2) is 11.6 Å². The van der Waals surface area contributed by atoms with Crippen molar-refractivity contribution in [3.8, 4) is 11.6 Å². The Hall–Kier alpha value is -2.86. The first kappa shape index (κ1) is 13.8. The van der Waals surface area contributed by atoms with Crippen molar-refractivity contribution in [2.24, 2.45) is 0 Å². The van der Waals surface area contributed by atoms with Crippen LogP contribution >= 0.6 is 0 Å². The average molecular weight is 324 g/mol. The van der Waals surface area contributed by atoms with Gasteiger partial charge in [0.25, 0.3) is 10.0 Å². The van der Waals surface area contributed by atoms with Crippen LogP contribution in [0.15, 0.2) is 82.3 Å². The number of fused-ring (bicyclic) bond motifs is 1. The third-order valence-corrected chi connectivity index (χ3v) is 5.26. The quantitative estimate of drug-likeness (QED) is 0.578. The summed E-state index contributed by atoms with van der Waals surface area (Å²) < 4.78 is 32.8. The van der Waals surface area contributed by atoms with E-state index in [0.717, 1.165) is 0 Å². The Kier molecular flexibility index (Phi) is 3.06. The molecule has 2 aromatic heterocycles. The predicted molar refractivity (Wildman–Crippen MR) is 86.5 cm³/mol. The maximum Gasteiger partial charge on any atom is 0.270 e. The summed E-state index contributed by atoms with van der Waals surface area (Å²) in [7, 11) is -3.78. The number of imidazole rings is 1. The highest BCUT2D eigenvalue weighted by molar-refractivity contribution is 7.90. The molecule has 0 aliphatic rings. The molecule has 4 rings (SSSR count). The van der Waals surface area contributed by atoms with Gasteiger partial charge in [0.1, 0.15) is 0 Å². The van der Waals surface area contributed by atoms with E-state index in [1.807, 2.05) is 6.07 Å². The van der Waals surface area contributed by atoms with Crippen molar-refractivity contribution >= 4 is 21.1 Å². The summed E-state index contributed by atoms with van der Waals surface area (Å²) in [6.07, 6.45) is 1.49. The highest BCUT2D eigenvalue weighted by Crippen LogP contribution is 2.29. The molecule has 0 spiro atoms. The molecule has 0 atom stereocenters. The number of hydrogen-bond acceptors (Lipinski definition) is 4. The van der Waals surface area contributed by atoms with Gasteiger partial charge in [0.05, 0.1) is 22.2 Å². The third kappa shape index (κ3) is 2.15. The maximum absolute atomic E-state index is 13.1. The minimum atomic E-state index is -3.78. The molecule has 4 aromatic rings. The third-order valence-electron chi connectivity index (χ3n) is 3.54. The van der Waals surface area contributed by atoms with Crippen LogP contribution in [0, 0.1) is 0 Å². The molecular formula is C17H12N2O3S. The lowest BCUT2D eigenvalue weighted by Crippen LogP contribution is -2.14. The minimum Gasteiger partial charge on any atom is -0.461 e. The SMILES string of the molecule is O=S(=O)(c1ccccc1)n1c(-c2ccco2)nc2ccccc21. The molecule has 0 aliphatic carbocycles. The van der Waals surface area contributed by atoms with E-state index in [4.69, 9.17) is 4.42 Å². The van der Waals surface area contributed by atoms with Crippen molar-refractivity contribution in [2.75, 3.05) is 0 Å². The van der Waals surface area contributed by atoms with Gasteiger partial charge in [0.2, 0.25) is 0 Å². The van der Waals surface area contributed by atoms with Crippen molar-refractivity contribution in [3.05, 3.63) is 73.0 Å². The number of furan rings is 1. The predicted octanol–water partition coefficient (Wildman–Crippen LogP) is 3.53. The Balaban J connectivity index is 2.08. The smallest absolute Gasteiger partial charge is 0.270 e. The number of benzene rings is 2. The molecule has 0 saturated carbocycles. The van der Waals surface area contributed by atoms with Gasteiger partial charge in [-0.15, -0.1) is 0 Å². The molecule has 23 heavy (non-hydrogen) atoms. The summed E-state index contributed by atoms with van der Waals surface area (Å²) >= 11 is 0. The Labute approximate surface area is 132 Å². The average Bonchev–Trinajstić information content (AvgIpc) is 3.23. The van der Waals surface area contributed by atoms with Crippen LogP contribution in [0.3, 0.4) is 0 Å². The zero-order valence-electron chi connectivity index (χ0n) is 12.0. The molecule has 6 heteroatoms. The lowest BCUT2D eigenvalue weighted by Gasteiger charge is -2.09. The first-order chi connectivity index (χ1) is 11.2. The lowest BCUT2D eigenvalue weighted by molar-refractivity contribution is 0.570. The maximum atomic E-state index is 13.1. The molecule has 0 N–H and O–H groups in total. The molecule has 5 nitrogen and oxygen atoms in total. The number of para-hydroxylation sites is 2. The number of nitrogens with zero attached hydrogens (tertiary/aromatic N) is 2. The van der Waals surface area contributed by atoms with Crippen LogP contribution in [-0.2, 0) is 10.0 Å². The molecule has 0 aliphatic heterocycles. The van der Waals surface area contributed by atoms with Crippen LogP contribution in [0.5, 0.6) is 0 Å². The van der Waals surface area contributed by atoms with Crippen LogP contribution in [0.25, 0.3) is 22.6 Å². The van der Waals surface area contributed by atoms with Gasteiger partial charge in [-0.25, -0.2) is 17.4 Å². The van der Waals surface area contributed by atoms with Gasteiger partial charge in [0, 0.05) is 0 Å². The zero-order chi connectivity index (χ0) is 15.9. The fourth-order valence-corrected chi connectivity index (χ4v) is 3.99.